The van der Waals surface area contributed by atoms with Gasteiger partial charge in [-0.3, -0.25) is 5.14 Å². The smallest absolute Gasteiger partial charge is 0.229 e. The number of ether oxygens (including phenoxy) is 2. The van der Waals surface area contributed by atoms with E-state index in [2.05, 4.69) is 21.5 Å². The highest BCUT2D eigenvalue weighted by molar-refractivity contribution is 7.98. The quantitative estimate of drug-likeness (QED) is 0.243. The first-order valence-corrected chi connectivity index (χ1v) is 13.6. The molecule has 0 fully saturated rings. The summed E-state index contributed by atoms with van der Waals surface area (Å²) in [6.07, 6.45) is 2.52. The Morgan fingerprint density at radius 1 is 1.05 bits per heavy atom. The molecule has 192 valence electrons. The van der Waals surface area contributed by atoms with E-state index in [-0.39, 0.29) is 0 Å². The number of aromatic nitrogens is 2. The second kappa shape index (κ2) is 11.8. The van der Waals surface area contributed by atoms with Gasteiger partial charge >= 0.3 is 0 Å². The Hall–Kier alpha value is -4.08. The van der Waals surface area contributed by atoms with E-state index in [4.69, 9.17) is 19.6 Å². The molecule has 9 heteroatoms. The van der Waals surface area contributed by atoms with E-state index >= 15 is 0 Å². The van der Waals surface area contributed by atoms with Gasteiger partial charge in [0.05, 0.1) is 23.4 Å². The molecule has 1 unspecified atom stereocenters. The van der Waals surface area contributed by atoms with Crippen LogP contribution < -0.4 is 25.2 Å². The van der Waals surface area contributed by atoms with Crippen LogP contribution in [0.1, 0.15) is 12.5 Å². The first kappa shape index (κ1) is 26.0. The molecule has 4 aromatic rings. The van der Waals surface area contributed by atoms with Gasteiger partial charge in [-0.05, 0) is 66.7 Å². The molecule has 0 aliphatic carbocycles. The molecule has 1 heterocycles. The van der Waals surface area contributed by atoms with E-state index < -0.39 is 9.71 Å². The van der Waals surface area contributed by atoms with Gasteiger partial charge in [0.2, 0.25) is 5.95 Å². The van der Waals surface area contributed by atoms with Crippen molar-refractivity contribution in [2.45, 2.75) is 18.2 Å². The van der Waals surface area contributed by atoms with E-state index in [1.54, 1.807) is 31.5 Å². The molecule has 0 radical (unpaired) electrons. The fourth-order valence-electron chi connectivity index (χ4n) is 3.83. The van der Waals surface area contributed by atoms with Gasteiger partial charge in [0, 0.05) is 28.9 Å². The number of para-hydroxylation sites is 1. The minimum Gasteiger partial charge on any atom is -0.496 e. The van der Waals surface area contributed by atoms with Crippen molar-refractivity contribution in [1.29, 1.82) is 0 Å². The van der Waals surface area contributed by atoms with Gasteiger partial charge < -0.3 is 20.1 Å². The van der Waals surface area contributed by atoms with E-state index in [0.717, 1.165) is 34.6 Å². The van der Waals surface area contributed by atoms with Crippen molar-refractivity contribution in [2.24, 2.45) is 5.14 Å². The van der Waals surface area contributed by atoms with Crippen LogP contribution in [0, 0.1) is 0 Å². The molecule has 0 aliphatic heterocycles. The van der Waals surface area contributed by atoms with E-state index in [1.807, 2.05) is 61.5 Å². The average molecular weight is 518 g/mol. The Kier molecular flexibility index (Phi) is 8.27. The van der Waals surface area contributed by atoms with Gasteiger partial charge in [-0.25, -0.2) is 9.19 Å². The third-order valence-electron chi connectivity index (χ3n) is 5.63. The summed E-state index contributed by atoms with van der Waals surface area (Å²) >= 11 is 0. The number of rotatable bonds is 11. The van der Waals surface area contributed by atoms with E-state index in [0.29, 0.717) is 35.5 Å². The fourth-order valence-corrected chi connectivity index (χ4v) is 4.46. The number of hydrogen-bond acceptors (Lipinski definition) is 7. The SMILES string of the molecule is C=S(N)(=O)c1cccc(Nc2ncc(-c3ccc(OCC)cc3)c(NCCc3ccccc3OC)n2)c1. The lowest BCUT2D eigenvalue weighted by molar-refractivity contribution is 0.340. The van der Waals surface area contributed by atoms with Crippen molar-refractivity contribution in [3.05, 3.63) is 84.6 Å². The summed E-state index contributed by atoms with van der Waals surface area (Å²) in [5.74, 6) is 6.27. The number of nitrogens with one attached hydrogen (secondary N) is 2. The number of anilines is 3. The molecule has 0 amide bonds. The van der Waals surface area contributed by atoms with Gasteiger partial charge in [-0.1, -0.05) is 36.4 Å². The Morgan fingerprint density at radius 3 is 2.57 bits per heavy atom. The van der Waals surface area contributed by atoms with Crippen LogP contribution in [0.4, 0.5) is 17.5 Å². The van der Waals surface area contributed by atoms with Crippen molar-refractivity contribution < 1.29 is 13.7 Å². The maximum Gasteiger partial charge on any atom is 0.229 e. The van der Waals surface area contributed by atoms with Crippen molar-refractivity contribution in [3.8, 4) is 22.6 Å². The first-order chi connectivity index (χ1) is 17.9. The molecular weight excluding hydrogens is 486 g/mol. The molecule has 3 aromatic carbocycles. The van der Waals surface area contributed by atoms with Crippen LogP contribution in [0.25, 0.3) is 11.1 Å². The number of nitrogens with zero attached hydrogens (tertiary/aromatic N) is 2. The van der Waals surface area contributed by atoms with Gasteiger partial charge in [0.25, 0.3) is 0 Å². The number of nitrogens with two attached hydrogens (primary N) is 1. The Balaban J connectivity index is 1.61. The summed E-state index contributed by atoms with van der Waals surface area (Å²) in [6, 6.07) is 22.7. The normalized spacial score (nSPS) is 12.4. The third kappa shape index (κ3) is 6.78. The number of methoxy groups -OCH3 is 1. The highest BCUT2D eigenvalue weighted by Crippen LogP contribution is 2.29. The summed E-state index contributed by atoms with van der Waals surface area (Å²) in [6.45, 7) is 3.19. The zero-order chi connectivity index (χ0) is 26.3. The largest absolute Gasteiger partial charge is 0.496 e. The maximum absolute atomic E-state index is 12.2. The Morgan fingerprint density at radius 2 is 1.84 bits per heavy atom. The topological polar surface area (TPSA) is 111 Å². The molecule has 8 nitrogen and oxygen atoms in total. The Bertz CT molecular complexity index is 1460. The van der Waals surface area contributed by atoms with E-state index in [9.17, 15) is 4.21 Å². The predicted molar refractivity (Wildman–Crippen MR) is 151 cm³/mol. The second-order valence-corrected chi connectivity index (χ2v) is 10.2. The highest BCUT2D eigenvalue weighted by atomic mass is 32.2. The Labute approximate surface area is 218 Å². The fraction of sp³-hybridized carbons (Fsp3) is 0.179. The maximum atomic E-state index is 12.2. The van der Waals surface area contributed by atoms with Crippen molar-refractivity contribution >= 4 is 33.0 Å². The number of benzene rings is 3. The minimum atomic E-state index is -2.83. The monoisotopic (exact) mass is 517 g/mol. The van der Waals surface area contributed by atoms with Gasteiger partial charge in [-0.15, -0.1) is 0 Å². The molecule has 0 saturated carbocycles. The van der Waals surface area contributed by atoms with Crippen LogP contribution in [0.3, 0.4) is 0 Å². The van der Waals surface area contributed by atoms with Crippen LogP contribution in [0.15, 0.2) is 83.9 Å². The summed E-state index contributed by atoms with van der Waals surface area (Å²) in [4.78, 5) is 9.72. The predicted octanol–water partition coefficient (Wildman–Crippen LogP) is 4.90. The summed E-state index contributed by atoms with van der Waals surface area (Å²) in [5.41, 5.74) is 3.57. The zero-order valence-electron chi connectivity index (χ0n) is 20.9. The van der Waals surface area contributed by atoms with Crippen LogP contribution in [0.2, 0.25) is 0 Å². The first-order valence-electron chi connectivity index (χ1n) is 11.9. The lowest BCUT2D eigenvalue weighted by Gasteiger charge is -2.15. The highest BCUT2D eigenvalue weighted by Gasteiger charge is 2.12. The van der Waals surface area contributed by atoms with Crippen molar-refractivity contribution in [2.75, 3.05) is 30.9 Å². The molecule has 4 rings (SSSR count). The molecule has 37 heavy (non-hydrogen) atoms. The number of hydrogen-bond donors (Lipinski definition) is 3. The summed E-state index contributed by atoms with van der Waals surface area (Å²) in [7, 11) is -1.16. The summed E-state index contributed by atoms with van der Waals surface area (Å²) < 4.78 is 23.2. The minimum absolute atomic E-state index is 0.388. The van der Waals surface area contributed by atoms with Crippen LogP contribution in [-0.2, 0) is 16.1 Å². The van der Waals surface area contributed by atoms with Crippen LogP contribution >= 0.6 is 0 Å². The molecule has 0 saturated heterocycles. The third-order valence-corrected chi connectivity index (χ3v) is 6.69. The van der Waals surface area contributed by atoms with Gasteiger partial charge in [0.1, 0.15) is 17.3 Å². The van der Waals surface area contributed by atoms with Crippen molar-refractivity contribution in [3.63, 3.8) is 0 Å². The summed E-state index contributed by atoms with van der Waals surface area (Å²) in [5, 5.41) is 12.3. The standard InChI is InChI=1S/C28H31N5O3S/c1-4-36-23-14-12-20(13-15-23)25-19-31-28(32-22-9-7-10-24(18-22)37(3,29)34)33-27(25)30-17-16-21-8-5-6-11-26(21)35-2/h5-15,18-19H,3-4,16-17H2,1-2H3,(H2,29,34)(H2,30,31,32,33). The molecule has 4 N–H and O–H groups in total. The lowest BCUT2D eigenvalue weighted by Crippen LogP contribution is -2.12. The zero-order valence-corrected chi connectivity index (χ0v) is 21.8. The van der Waals surface area contributed by atoms with Gasteiger partial charge in [0.15, 0.2) is 0 Å². The van der Waals surface area contributed by atoms with Crippen LogP contribution in [0.5, 0.6) is 11.5 Å². The average Bonchev–Trinajstić information content (AvgIpc) is 2.90. The molecule has 1 aromatic heterocycles. The van der Waals surface area contributed by atoms with Crippen molar-refractivity contribution in [1.82, 2.24) is 9.97 Å². The van der Waals surface area contributed by atoms with Gasteiger partial charge in [-0.2, -0.15) is 4.98 Å². The second-order valence-electron chi connectivity index (χ2n) is 8.28. The lowest BCUT2D eigenvalue weighted by atomic mass is 10.1. The van der Waals surface area contributed by atoms with E-state index in [1.165, 1.54) is 0 Å². The molecule has 1 atom stereocenters. The molecule has 0 bridgehead atoms. The molecule has 0 aliphatic rings. The molecule has 0 spiro atoms. The molecular formula is C28H31N5O3S. The van der Waals surface area contributed by atoms with Crippen LogP contribution in [-0.4, -0.2) is 40.3 Å².